The summed E-state index contributed by atoms with van der Waals surface area (Å²) in [7, 11) is 0. The SMILES string of the molecule is CC(C)CC(O)CNCc1cc(F)ccc1Br. The third kappa shape index (κ3) is 5.61. The number of benzene rings is 1. The standard InChI is InChI=1S/C13H19BrFNO/c1-9(2)5-12(17)8-16-7-10-6-11(15)3-4-13(10)14/h3-4,6,9,12,16-17H,5,7-8H2,1-2H3. The molecule has 2 nitrogen and oxygen atoms in total. The fraction of sp³-hybridized carbons (Fsp3) is 0.538. The third-order valence-corrected chi connectivity index (χ3v) is 3.22. The Morgan fingerprint density at radius 3 is 2.76 bits per heavy atom. The van der Waals surface area contributed by atoms with Crippen molar-refractivity contribution in [2.75, 3.05) is 6.54 Å². The maximum Gasteiger partial charge on any atom is 0.123 e. The van der Waals surface area contributed by atoms with Crippen LogP contribution >= 0.6 is 15.9 Å². The van der Waals surface area contributed by atoms with E-state index in [1.54, 1.807) is 6.07 Å². The van der Waals surface area contributed by atoms with Crippen LogP contribution in [0.5, 0.6) is 0 Å². The first-order valence-electron chi connectivity index (χ1n) is 5.81. The summed E-state index contributed by atoms with van der Waals surface area (Å²) in [6.07, 6.45) is 0.430. The smallest absolute Gasteiger partial charge is 0.123 e. The maximum absolute atomic E-state index is 13.0. The first-order valence-corrected chi connectivity index (χ1v) is 6.61. The Bertz CT molecular complexity index is 357. The summed E-state index contributed by atoms with van der Waals surface area (Å²) < 4.78 is 13.9. The van der Waals surface area contributed by atoms with E-state index in [4.69, 9.17) is 0 Å². The second-order valence-electron chi connectivity index (χ2n) is 4.65. The van der Waals surface area contributed by atoms with E-state index in [1.807, 2.05) is 0 Å². The Balaban J connectivity index is 2.38. The van der Waals surface area contributed by atoms with E-state index < -0.39 is 0 Å². The molecule has 0 spiro atoms. The van der Waals surface area contributed by atoms with Gasteiger partial charge in [-0.1, -0.05) is 29.8 Å². The van der Waals surface area contributed by atoms with E-state index in [0.717, 1.165) is 16.5 Å². The highest BCUT2D eigenvalue weighted by Crippen LogP contribution is 2.17. The zero-order valence-electron chi connectivity index (χ0n) is 10.2. The van der Waals surface area contributed by atoms with Crippen LogP contribution in [0.4, 0.5) is 4.39 Å². The monoisotopic (exact) mass is 303 g/mol. The number of halogens is 2. The van der Waals surface area contributed by atoms with Gasteiger partial charge < -0.3 is 10.4 Å². The number of aliphatic hydroxyl groups is 1. The van der Waals surface area contributed by atoms with Crippen molar-refractivity contribution in [1.82, 2.24) is 5.32 Å². The van der Waals surface area contributed by atoms with Crippen LogP contribution in [-0.4, -0.2) is 17.8 Å². The summed E-state index contributed by atoms with van der Waals surface area (Å²) in [5.41, 5.74) is 0.863. The molecular weight excluding hydrogens is 285 g/mol. The van der Waals surface area contributed by atoms with Crippen molar-refractivity contribution in [2.24, 2.45) is 5.92 Å². The Morgan fingerprint density at radius 1 is 1.41 bits per heavy atom. The van der Waals surface area contributed by atoms with Crippen LogP contribution in [0.2, 0.25) is 0 Å². The van der Waals surface area contributed by atoms with Crippen molar-refractivity contribution in [2.45, 2.75) is 32.9 Å². The highest BCUT2D eigenvalue weighted by Gasteiger charge is 2.07. The van der Waals surface area contributed by atoms with Crippen LogP contribution in [0.1, 0.15) is 25.8 Å². The summed E-state index contributed by atoms with van der Waals surface area (Å²) in [5, 5.41) is 12.8. The lowest BCUT2D eigenvalue weighted by Crippen LogP contribution is -2.27. The average molecular weight is 304 g/mol. The lowest BCUT2D eigenvalue weighted by atomic mass is 10.1. The van der Waals surface area contributed by atoms with Crippen molar-refractivity contribution in [1.29, 1.82) is 0 Å². The van der Waals surface area contributed by atoms with Gasteiger partial charge in [0, 0.05) is 17.6 Å². The normalized spacial score (nSPS) is 13.1. The summed E-state index contributed by atoms with van der Waals surface area (Å²) >= 11 is 3.37. The average Bonchev–Trinajstić information content (AvgIpc) is 2.22. The fourth-order valence-electron chi connectivity index (χ4n) is 1.68. The topological polar surface area (TPSA) is 32.3 Å². The van der Waals surface area contributed by atoms with Gasteiger partial charge in [-0.3, -0.25) is 0 Å². The molecular formula is C13H19BrFNO. The number of aliphatic hydroxyl groups excluding tert-OH is 1. The van der Waals surface area contributed by atoms with Crippen molar-refractivity contribution in [3.05, 3.63) is 34.1 Å². The fourth-order valence-corrected chi connectivity index (χ4v) is 2.07. The van der Waals surface area contributed by atoms with E-state index in [0.29, 0.717) is 19.0 Å². The van der Waals surface area contributed by atoms with E-state index >= 15 is 0 Å². The molecule has 2 N–H and O–H groups in total. The van der Waals surface area contributed by atoms with Crippen LogP contribution in [-0.2, 0) is 6.54 Å². The van der Waals surface area contributed by atoms with Crippen LogP contribution < -0.4 is 5.32 Å². The van der Waals surface area contributed by atoms with E-state index in [9.17, 15) is 9.50 Å². The summed E-state index contributed by atoms with van der Waals surface area (Å²) in [4.78, 5) is 0. The number of nitrogens with one attached hydrogen (secondary N) is 1. The molecule has 96 valence electrons. The van der Waals surface area contributed by atoms with Gasteiger partial charge in [-0.15, -0.1) is 0 Å². The molecule has 1 rings (SSSR count). The molecule has 0 aromatic heterocycles. The van der Waals surface area contributed by atoms with Gasteiger partial charge in [0.05, 0.1) is 6.10 Å². The molecule has 1 aromatic rings. The van der Waals surface area contributed by atoms with Crippen LogP contribution in [0.25, 0.3) is 0 Å². The third-order valence-electron chi connectivity index (χ3n) is 2.45. The molecule has 0 saturated heterocycles. The molecule has 0 amide bonds. The van der Waals surface area contributed by atoms with Crippen LogP contribution in [0, 0.1) is 11.7 Å². The van der Waals surface area contributed by atoms with Gasteiger partial charge in [0.2, 0.25) is 0 Å². The molecule has 1 unspecified atom stereocenters. The number of rotatable bonds is 6. The zero-order valence-corrected chi connectivity index (χ0v) is 11.8. The van der Waals surface area contributed by atoms with Crippen molar-refractivity contribution >= 4 is 15.9 Å². The molecule has 0 aliphatic carbocycles. The number of hydrogen-bond donors (Lipinski definition) is 2. The minimum absolute atomic E-state index is 0.243. The Kier molecular flexibility index (Phi) is 6.09. The molecule has 1 aromatic carbocycles. The van der Waals surface area contributed by atoms with Crippen molar-refractivity contribution in [3.63, 3.8) is 0 Å². The summed E-state index contributed by atoms with van der Waals surface area (Å²) in [6, 6.07) is 4.60. The minimum atomic E-state index is -0.345. The molecule has 0 bridgehead atoms. The highest BCUT2D eigenvalue weighted by atomic mass is 79.9. The lowest BCUT2D eigenvalue weighted by molar-refractivity contribution is 0.146. The molecule has 0 aliphatic rings. The lowest BCUT2D eigenvalue weighted by Gasteiger charge is -2.14. The van der Waals surface area contributed by atoms with Crippen molar-refractivity contribution < 1.29 is 9.50 Å². The first-order chi connectivity index (χ1) is 7.99. The van der Waals surface area contributed by atoms with Gasteiger partial charge in [-0.25, -0.2) is 4.39 Å². The number of hydrogen-bond acceptors (Lipinski definition) is 2. The van der Waals surface area contributed by atoms with E-state index in [-0.39, 0.29) is 11.9 Å². The zero-order chi connectivity index (χ0) is 12.8. The molecule has 17 heavy (non-hydrogen) atoms. The molecule has 0 aliphatic heterocycles. The second-order valence-corrected chi connectivity index (χ2v) is 5.50. The highest BCUT2D eigenvalue weighted by molar-refractivity contribution is 9.10. The van der Waals surface area contributed by atoms with E-state index in [2.05, 4.69) is 35.1 Å². The quantitative estimate of drug-likeness (QED) is 0.846. The second kappa shape index (κ2) is 7.09. The largest absolute Gasteiger partial charge is 0.392 e. The van der Waals surface area contributed by atoms with E-state index in [1.165, 1.54) is 12.1 Å². The van der Waals surface area contributed by atoms with Gasteiger partial charge in [0.15, 0.2) is 0 Å². The van der Waals surface area contributed by atoms with Crippen LogP contribution in [0.3, 0.4) is 0 Å². The van der Waals surface area contributed by atoms with Gasteiger partial charge in [-0.05, 0) is 36.1 Å². The predicted octanol–water partition coefficient (Wildman–Crippen LogP) is 3.08. The predicted molar refractivity (Wildman–Crippen MR) is 71.3 cm³/mol. The van der Waals surface area contributed by atoms with Gasteiger partial charge >= 0.3 is 0 Å². The Hall–Kier alpha value is -0.450. The molecule has 0 saturated carbocycles. The van der Waals surface area contributed by atoms with Gasteiger partial charge in [0.25, 0.3) is 0 Å². The molecule has 4 heteroatoms. The van der Waals surface area contributed by atoms with Gasteiger partial charge in [-0.2, -0.15) is 0 Å². The van der Waals surface area contributed by atoms with Crippen molar-refractivity contribution in [3.8, 4) is 0 Å². The minimum Gasteiger partial charge on any atom is -0.392 e. The first kappa shape index (κ1) is 14.6. The summed E-state index contributed by atoms with van der Waals surface area (Å²) in [5.74, 6) is 0.237. The maximum atomic E-state index is 13.0. The molecule has 0 fully saturated rings. The molecule has 0 heterocycles. The Labute approximate surface area is 110 Å². The molecule has 1 atom stereocenters. The van der Waals surface area contributed by atoms with Gasteiger partial charge in [0.1, 0.15) is 5.82 Å². The molecule has 0 radical (unpaired) electrons. The summed E-state index contributed by atoms with van der Waals surface area (Å²) in [6.45, 7) is 5.23. The van der Waals surface area contributed by atoms with Crippen LogP contribution in [0.15, 0.2) is 22.7 Å². The Morgan fingerprint density at radius 2 is 2.12 bits per heavy atom.